The molecule has 0 aliphatic carbocycles. The first kappa shape index (κ1) is 17.2. The number of carbonyl (C=O) groups excluding carboxylic acids is 1. The van der Waals surface area contributed by atoms with Crippen LogP contribution in [0, 0.1) is 5.82 Å². The lowest BCUT2D eigenvalue weighted by Crippen LogP contribution is -2.32. The van der Waals surface area contributed by atoms with Crippen LogP contribution in [0.15, 0.2) is 60.7 Å². The molecule has 5 rings (SSSR count). The molecule has 2 unspecified atom stereocenters. The molecule has 2 heterocycles. The number of amides is 1. The Balaban J connectivity index is 1.75. The molecule has 2 saturated heterocycles. The molecule has 4 nitrogen and oxygen atoms in total. The van der Waals surface area contributed by atoms with Gasteiger partial charge in [0, 0.05) is 17.8 Å². The van der Waals surface area contributed by atoms with E-state index < -0.39 is 0 Å². The fourth-order valence-corrected chi connectivity index (χ4v) is 4.66. The minimum atomic E-state index is -0.310. The predicted octanol–water partition coefficient (Wildman–Crippen LogP) is 4.50. The van der Waals surface area contributed by atoms with Crippen LogP contribution in [0.25, 0.3) is 10.8 Å². The Labute approximate surface area is 163 Å². The molecule has 3 aromatic carbocycles. The molecule has 2 atom stereocenters. The van der Waals surface area contributed by atoms with Crippen LogP contribution >= 0.6 is 0 Å². The summed E-state index contributed by atoms with van der Waals surface area (Å²) in [6, 6.07) is 18.2. The quantitative estimate of drug-likeness (QED) is 0.675. The van der Waals surface area contributed by atoms with Crippen molar-refractivity contribution in [2.75, 3.05) is 18.6 Å². The molecule has 2 aliphatic rings. The zero-order chi connectivity index (χ0) is 19.3. The molecule has 0 radical (unpaired) electrons. The van der Waals surface area contributed by atoms with Crippen molar-refractivity contribution in [1.82, 2.24) is 4.90 Å². The van der Waals surface area contributed by atoms with E-state index in [0.717, 1.165) is 41.5 Å². The van der Waals surface area contributed by atoms with Gasteiger partial charge in [-0.25, -0.2) is 4.39 Å². The maximum absolute atomic E-state index is 13.5. The molecule has 0 spiro atoms. The van der Waals surface area contributed by atoms with E-state index in [1.807, 2.05) is 29.2 Å². The van der Waals surface area contributed by atoms with E-state index in [1.165, 1.54) is 12.1 Å². The number of methoxy groups -OCH3 is 1. The van der Waals surface area contributed by atoms with Crippen LogP contribution in [0.1, 0.15) is 24.6 Å². The lowest BCUT2D eigenvalue weighted by atomic mass is 10.00. The smallest absolute Gasteiger partial charge is 0.246 e. The molecule has 2 aliphatic heterocycles. The van der Waals surface area contributed by atoms with Crippen LogP contribution in [0.4, 0.5) is 10.1 Å². The summed E-state index contributed by atoms with van der Waals surface area (Å²) in [6.07, 6.45) is 1.57. The largest absolute Gasteiger partial charge is 0.496 e. The standard InChI is InChI=1S/C23H21FN2O2/c1-28-20-13-8-15-5-2-3-6-18(15)21(20)22-25-14-4-7-19(25)23(27)26(22)17-11-9-16(24)10-12-17/h2-3,5-6,8-13,19,22H,4,7,14H2,1H3. The lowest BCUT2D eigenvalue weighted by molar-refractivity contribution is -0.119. The second-order valence-corrected chi connectivity index (χ2v) is 7.36. The van der Waals surface area contributed by atoms with Gasteiger partial charge < -0.3 is 4.74 Å². The Bertz CT molecular complexity index is 1050. The van der Waals surface area contributed by atoms with Crippen LogP contribution in [-0.4, -0.2) is 30.5 Å². The number of anilines is 1. The molecular formula is C23H21FN2O2. The van der Waals surface area contributed by atoms with Gasteiger partial charge in [0.1, 0.15) is 17.7 Å². The normalized spacial score (nSPS) is 22.1. The third-order valence-electron chi connectivity index (χ3n) is 5.89. The number of hydrogen-bond acceptors (Lipinski definition) is 3. The molecule has 0 N–H and O–H groups in total. The number of benzene rings is 3. The van der Waals surface area contributed by atoms with Gasteiger partial charge in [0.2, 0.25) is 5.91 Å². The highest BCUT2D eigenvalue weighted by Gasteiger charge is 2.50. The van der Waals surface area contributed by atoms with Gasteiger partial charge in [-0.1, -0.05) is 30.3 Å². The van der Waals surface area contributed by atoms with Crippen LogP contribution in [-0.2, 0) is 4.79 Å². The predicted molar refractivity (Wildman–Crippen MR) is 107 cm³/mol. The second kappa shape index (κ2) is 6.60. The summed E-state index contributed by atoms with van der Waals surface area (Å²) in [5, 5.41) is 2.17. The van der Waals surface area contributed by atoms with Gasteiger partial charge >= 0.3 is 0 Å². The molecule has 142 valence electrons. The van der Waals surface area contributed by atoms with Gasteiger partial charge in [-0.05, 0) is 53.9 Å². The topological polar surface area (TPSA) is 32.8 Å². The number of ether oxygens (including phenoxy) is 1. The van der Waals surface area contributed by atoms with Crippen molar-refractivity contribution in [3.63, 3.8) is 0 Å². The first-order valence-electron chi connectivity index (χ1n) is 9.59. The van der Waals surface area contributed by atoms with Crippen molar-refractivity contribution in [2.45, 2.75) is 25.0 Å². The van der Waals surface area contributed by atoms with Crippen LogP contribution in [0.2, 0.25) is 0 Å². The van der Waals surface area contributed by atoms with Crippen molar-refractivity contribution < 1.29 is 13.9 Å². The zero-order valence-corrected chi connectivity index (χ0v) is 15.6. The molecule has 3 aromatic rings. The number of nitrogens with zero attached hydrogens (tertiary/aromatic N) is 2. The number of fused-ring (bicyclic) bond motifs is 2. The molecule has 0 aromatic heterocycles. The van der Waals surface area contributed by atoms with Gasteiger partial charge in [0.25, 0.3) is 0 Å². The van der Waals surface area contributed by atoms with Crippen molar-refractivity contribution in [1.29, 1.82) is 0 Å². The summed E-state index contributed by atoms with van der Waals surface area (Å²) < 4.78 is 19.2. The number of rotatable bonds is 3. The Morgan fingerprint density at radius 1 is 1.04 bits per heavy atom. The zero-order valence-electron chi connectivity index (χ0n) is 15.6. The van der Waals surface area contributed by atoms with Crippen LogP contribution in [0.5, 0.6) is 5.75 Å². The summed E-state index contributed by atoms with van der Waals surface area (Å²) in [5.41, 5.74) is 1.70. The Morgan fingerprint density at radius 2 is 1.82 bits per heavy atom. The molecule has 5 heteroatoms. The SMILES string of the molecule is COc1ccc2ccccc2c1C1N(c2ccc(F)cc2)C(=O)C2CCCN21. The average molecular weight is 376 g/mol. The number of carbonyl (C=O) groups is 1. The molecule has 0 bridgehead atoms. The molecule has 0 saturated carbocycles. The molecule has 1 amide bonds. The van der Waals surface area contributed by atoms with E-state index in [4.69, 9.17) is 4.74 Å². The Morgan fingerprint density at radius 3 is 2.61 bits per heavy atom. The molecular weight excluding hydrogens is 355 g/mol. The van der Waals surface area contributed by atoms with Gasteiger partial charge in [0.05, 0.1) is 13.2 Å². The fraction of sp³-hybridized carbons (Fsp3) is 0.261. The highest BCUT2D eigenvalue weighted by atomic mass is 19.1. The third kappa shape index (κ3) is 2.50. The first-order chi connectivity index (χ1) is 13.7. The van der Waals surface area contributed by atoms with E-state index in [0.29, 0.717) is 5.69 Å². The van der Waals surface area contributed by atoms with Crippen molar-refractivity contribution in [2.24, 2.45) is 0 Å². The van der Waals surface area contributed by atoms with Crippen molar-refractivity contribution in [3.05, 3.63) is 72.0 Å². The first-order valence-corrected chi connectivity index (χ1v) is 9.59. The van der Waals surface area contributed by atoms with Gasteiger partial charge in [-0.3, -0.25) is 14.6 Å². The number of hydrogen-bond donors (Lipinski definition) is 0. The van der Waals surface area contributed by atoms with E-state index in [1.54, 1.807) is 19.2 Å². The Hall–Kier alpha value is -2.92. The summed E-state index contributed by atoms with van der Waals surface area (Å²) >= 11 is 0. The summed E-state index contributed by atoms with van der Waals surface area (Å²) in [7, 11) is 1.66. The summed E-state index contributed by atoms with van der Waals surface area (Å²) in [5.74, 6) is 0.524. The van der Waals surface area contributed by atoms with Crippen LogP contribution in [0.3, 0.4) is 0 Å². The second-order valence-electron chi connectivity index (χ2n) is 7.36. The Kier molecular flexibility index (Phi) is 4.05. The van der Waals surface area contributed by atoms with E-state index >= 15 is 0 Å². The molecule has 28 heavy (non-hydrogen) atoms. The van der Waals surface area contributed by atoms with E-state index in [-0.39, 0.29) is 23.9 Å². The summed E-state index contributed by atoms with van der Waals surface area (Å²) in [6.45, 7) is 0.852. The minimum Gasteiger partial charge on any atom is -0.496 e. The highest BCUT2D eigenvalue weighted by molar-refractivity contribution is 6.02. The lowest BCUT2D eigenvalue weighted by Gasteiger charge is -2.31. The maximum atomic E-state index is 13.5. The van der Waals surface area contributed by atoms with Crippen LogP contribution < -0.4 is 9.64 Å². The maximum Gasteiger partial charge on any atom is 0.246 e. The molecule has 2 fully saturated rings. The van der Waals surface area contributed by atoms with E-state index in [2.05, 4.69) is 17.0 Å². The highest BCUT2D eigenvalue weighted by Crippen LogP contribution is 2.47. The monoisotopic (exact) mass is 376 g/mol. The van der Waals surface area contributed by atoms with Crippen molar-refractivity contribution >= 4 is 22.4 Å². The van der Waals surface area contributed by atoms with Gasteiger partial charge in [-0.2, -0.15) is 0 Å². The third-order valence-corrected chi connectivity index (χ3v) is 5.89. The van der Waals surface area contributed by atoms with Gasteiger partial charge in [0.15, 0.2) is 0 Å². The van der Waals surface area contributed by atoms with E-state index in [9.17, 15) is 9.18 Å². The van der Waals surface area contributed by atoms with Crippen molar-refractivity contribution in [3.8, 4) is 5.75 Å². The minimum absolute atomic E-state index is 0.0732. The summed E-state index contributed by atoms with van der Waals surface area (Å²) in [4.78, 5) is 17.4. The fourth-order valence-electron chi connectivity index (χ4n) is 4.66. The average Bonchev–Trinajstić information content (AvgIpc) is 3.30. The van der Waals surface area contributed by atoms with Gasteiger partial charge in [-0.15, -0.1) is 0 Å². The number of halogens is 1.